The molecule has 0 aliphatic rings. The number of thiazole rings is 1. The second-order valence-electron chi connectivity index (χ2n) is 6.31. The third-order valence-electron chi connectivity index (χ3n) is 4.32. The fraction of sp³-hybridized carbons (Fsp3) is 0.211. The molecule has 4 aromatic rings. The zero-order valence-electron chi connectivity index (χ0n) is 15.1. The van der Waals surface area contributed by atoms with Crippen molar-refractivity contribution in [2.24, 2.45) is 0 Å². The molecule has 0 saturated heterocycles. The van der Waals surface area contributed by atoms with E-state index in [1.807, 2.05) is 19.1 Å². The van der Waals surface area contributed by atoms with Crippen molar-refractivity contribution in [3.63, 3.8) is 0 Å². The third-order valence-corrected chi connectivity index (χ3v) is 6.35. The highest BCUT2D eigenvalue weighted by Crippen LogP contribution is 2.34. The van der Waals surface area contributed by atoms with Gasteiger partial charge in [-0.25, -0.2) is 4.98 Å². The van der Waals surface area contributed by atoms with Crippen molar-refractivity contribution in [3.05, 3.63) is 63.9 Å². The van der Waals surface area contributed by atoms with Gasteiger partial charge in [-0.05, 0) is 55.1 Å². The fourth-order valence-electron chi connectivity index (χ4n) is 2.81. The maximum atomic E-state index is 13.3. The van der Waals surface area contributed by atoms with Crippen molar-refractivity contribution in [3.8, 4) is 0 Å². The Hall–Kier alpha value is -2.71. The maximum absolute atomic E-state index is 13.3. The van der Waals surface area contributed by atoms with Crippen LogP contribution in [0.3, 0.4) is 0 Å². The molecule has 3 heterocycles. The summed E-state index contributed by atoms with van der Waals surface area (Å²) in [6.07, 6.45) is 3.49. The minimum absolute atomic E-state index is 0.138. The molecule has 1 amide bonds. The first-order valence-electron chi connectivity index (χ1n) is 8.41. The number of carbonyl (C=O) groups excluding carboxylic acids is 1. The highest BCUT2D eigenvalue weighted by Gasteiger charge is 2.25. The van der Waals surface area contributed by atoms with Crippen molar-refractivity contribution in [2.45, 2.75) is 27.3 Å². The molecule has 27 heavy (non-hydrogen) atoms. The fourth-order valence-corrected chi connectivity index (χ4v) is 4.53. The van der Waals surface area contributed by atoms with Gasteiger partial charge in [-0.3, -0.25) is 14.7 Å². The van der Waals surface area contributed by atoms with Crippen LogP contribution in [0, 0.1) is 20.8 Å². The monoisotopic (exact) mass is 395 g/mol. The minimum Gasteiger partial charge on any atom is -0.279 e. The summed E-state index contributed by atoms with van der Waals surface area (Å²) in [6, 6.07) is 7.97. The number of amides is 1. The Balaban J connectivity index is 1.82. The van der Waals surface area contributed by atoms with Crippen LogP contribution in [-0.2, 0) is 6.54 Å². The van der Waals surface area contributed by atoms with E-state index in [4.69, 9.17) is 4.98 Å². The number of carbonyl (C=O) groups is 1. The van der Waals surface area contributed by atoms with Crippen LogP contribution in [0.25, 0.3) is 10.2 Å². The SMILES string of the molecule is Cc1nnsc1C(=O)N(Cc1cccnc1)c1nc2c(C)ccc(C)c2s1. The highest BCUT2D eigenvalue weighted by molar-refractivity contribution is 7.22. The Bertz CT molecular complexity index is 1080. The van der Waals surface area contributed by atoms with Gasteiger partial charge in [-0.2, -0.15) is 0 Å². The van der Waals surface area contributed by atoms with E-state index < -0.39 is 0 Å². The molecule has 0 aliphatic carbocycles. The smallest absolute Gasteiger partial charge is 0.274 e. The third kappa shape index (κ3) is 3.33. The van der Waals surface area contributed by atoms with E-state index in [9.17, 15) is 4.79 Å². The predicted molar refractivity (Wildman–Crippen MR) is 108 cm³/mol. The predicted octanol–water partition coefficient (Wildman–Crippen LogP) is 4.32. The van der Waals surface area contributed by atoms with Gasteiger partial charge >= 0.3 is 0 Å². The minimum atomic E-state index is -0.138. The summed E-state index contributed by atoms with van der Waals surface area (Å²) in [5.41, 5.74) is 4.77. The van der Waals surface area contributed by atoms with Crippen LogP contribution in [0.15, 0.2) is 36.7 Å². The van der Waals surface area contributed by atoms with E-state index in [1.54, 1.807) is 24.2 Å². The van der Waals surface area contributed by atoms with Crippen molar-refractivity contribution < 1.29 is 4.79 Å². The largest absolute Gasteiger partial charge is 0.279 e. The standard InChI is InChI=1S/C19H17N5OS2/c1-11-6-7-12(2)16-15(11)21-19(26-16)24(10-14-5-4-8-20-9-14)18(25)17-13(3)22-23-27-17/h4-9H,10H2,1-3H3. The Morgan fingerprint density at radius 3 is 2.63 bits per heavy atom. The van der Waals surface area contributed by atoms with Gasteiger partial charge < -0.3 is 0 Å². The molecule has 0 fully saturated rings. The van der Waals surface area contributed by atoms with Gasteiger partial charge in [0.05, 0.1) is 22.5 Å². The van der Waals surface area contributed by atoms with Gasteiger partial charge in [0.1, 0.15) is 4.88 Å². The first-order valence-corrected chi connectivity index (χ1v) is 10.00. The molecule has 0 radical (unpaired) electrons. The number of pyridine rings is 1. The van der Waals surface area contributed by atoms with Gasteiger partial charge in [0, 0.05) is 12.4 Å². The molecule has 4 rings (SSSR count). The van der Waals surface area contributed by atoms with Crippen LogP contribution in [0.2, 0.25) is 0 Å². The number of fused-ring (bicyclic) bond motifs is 1. The lowest BCUT2D eigenvalue weighted by atomic mass is 10.1. The second kappa shape index (κ2) is 7.13. The molecular formula is C19H17N5OS2. The molecular weight excluding hydrogens is 378 g/mol. The number of aromatic nitrogens is 4. The summed E-state index contributed by atoms with van der Waals surface area (Å²) >= 11 is 2.65. The van der Waals surface area contributed by atoms with Crippen LogP contribution in [0.4, 0.5) is 5.13 Å². The zero-order chi connectivity index (χ0) is 19.0. The van der Waals surface area contributed by atoms with Crippen LogP contribution >= 0.6 is 22.9 Å². The molecule has 1 aromatic carbocycles. The van der Waals surface area contributed by atoms with E-state index in [0.717, 1.165) is 38.4 Å². The molecule has 0 saturated carbocycles. The molecule has 136 valence electrons. The summed E-state index contributed by atoms with van der Waals surface area (Å²) < 4.78 is 5.02. The quantitative estimate of drug-likeness (QED) is 0.515. The van der Waals surface area contributed by atoms with Crippen LogP contribution in [0.1, 0.15) is 32.1 Å². The average Bonchev–Trinajstić information content (AvgIpc) is 3.30. The van der Waals surface area contributed by atoms with E-state index in [1.165, 1.54) is 11.3 Å². The number of hydrogen-bond acceptors (Lipinski definition) is 7. The maximum Gasteiger partial charge on any atom is 0.274 e. The summed E-state index contributed by atoms with van der Waals surface area (Å²) in [4.78, 5) is 24.5. The van der Waals surface area contributed by atoms with Crippen molar-refractivity contribution in [2.75, 3.05) is 4.90 Å². The van der Waals surface area contributed by atoms with E-state index in [-0.39, 0.29) is 5.91 Å². The van der Waals surface area contributed by atoms with Crippen LogP contribution in [0.5, 0.6) is 0 Å². The lowest BCUT2D eigenvalue weighted by Gasteiger charge is -2.19. The molecule has 8 heteroatoms. The number of aryl methyl sites for hydroxylation is 3. The first kappa shape index (κ1) is 17.7. The van der Waals surface area contributed by atoms with Gasteiger partial charge in [0.15, 0.2) is 5.13 Å². The normalized spacial score (nSPS) is 11.1. The molecule has 0 atom stereocenters. The number of nitrogens with zero attached hydrogens (tertiary/aromatic N) is 5. The number of benzene rings is 1. The Labute approximate surface area is 164 Å². The molecule has 0 bridgehead atoms. The number of rotatable bonds is 4. The van der Waals surface area contributed by atoms with E-state index in [0.29, 0.717) is 22.2 Å². The lowest BCUT2D eigenvalue weighted by molar-refractivity contribution is 0.0988. The van der Waals surface area contributed by atoms with Gasteiger partial charge in [-0.1, -0.05) is 34.0 Å². The highest BCUT2D eigenvalue weighted by atomic mass is 32.1. The molecule has 0 spiro atoms. The zero-order valence-corrected chi connectivity index (χ0v) is 16.8. The molecule has 6 nitrogen and oxygen atoms in total. The Kier molecular flexibility index (Phi) is 4.67. The van der Waals surface area contributed by atoms with Crippen LogP contribution < -0.4 is 4.90 Å². The summed E-state index contributed by atoms with van der Waals surface area (Å²) in [6.45, 7) is 6.29. The van der Waals surface area contributed by atoms with Gasteiger partial charge in [0.2, 0.25) is 0 Å². The van der Waals surface area contributed by atoms with E-state index in [2.05, 4.69) is 33.6 Å². The summed E-state index contributed by atoms with van der Waals surface area (Å²) in [5, 5.41) is 4.65. The Morgan fingerprint density at radius 1 is 1.15 bits per heavy atom. The van der Waals surface area contributed by atoms with Crippen molar-refractivity contribution in [1.29, 1.82) is 0 Å². The first-order chi connectivity index (χ1) is 13.0. The Morgan fingerprint density at radius 2 is 1.96 bits per heavy atom. The summed E-state index contributed by atoms with van der Waals surface area (Å²) in [7, 11) is 0. The number of hydrogen-bond donors (Lipinski definition) is 0. The van der Waals surface area contributed by atoms with Crippen molar-refractivity contribution >= 4 is 44.1 Å². The topological polar surface area (TPSA) is 71.9 Å². The van der Waals surface area contributed by atoms with Gasteiger partial charge in [0.25, 0.3) is 5.91 Å². The second-order valence-corrected chi connectivity index (χ2v) is 8.05. The molecule has 0 N–H and O–H groups in total. The lowest BCUT2D eigenvalue weighted by Crippen LogP contribution is -2.30. The van der Waals surface area contributed by atoms with E-state index >= 15 is 0 Å². The van der Waals surface area contributed by atoms with Gasteiger partial charge in [-0.15, -0.1) is 5.10 Å². The molecule has 0 aliphatic heterocycles. The molecule has 0 unspecified atom stereocenters. The average molecular weight is 396 g/mol. The number of anilines is 1. The summed E-state index contributed by atoms with van der Waals surface area (Å²) in [5.74, 6) is -0.138. The van der Waals surface area contributed by atoms with Crippen LogP contribution in [-0.4, -0.2) is 25.5 Å². The molecule has 3 aromatic heterocycles. The van der Waals surface area contributed by atoms with Crippen molar-refractivity contribution in [1.82, 2.24) is 19.6 Å².